The predicted octanol–water partition coefficient (Wildman–Crippen LogP) is 4.39. The maximum Gasteiger partial charge on any atom is 0.319 e. The summed E-state index contributed by atoms with van der Waals surface area (Å²) >= 11 is 12.1. The third-order valence-electron chi connectivity index (χ3n) is 3.99. The number of amides is 3. The van der Waals surface area contributed by atoms with Gasteiger partial charge in [0.1, 0.15) is 5.82 Å². The number of nitrogens with one attached hydrogen (secondary N) is 3. The molecule has 0 spiro atoms. The quantitative estimate of drug-likeness (QED) is 0.518. The summed E-state index contributed by atoms with van der Waals surface area (Å²) in [5.74, 6) is 0.295. The van der Waals surface area contributed by atoms with Gasteiger partial charge in [0.15, 0.2) is 0 Å². The molecule has 0 aliphatic carbocycles. The lowest BCUT2D eigenvalue weighted by atomic mass is 10.2. The van der Waals surface area contributed by atoms with E-state index in [1.165, 1.54) is 0 Å². The minimum absolute atomic E-state index is 0.120. The number of aromatic nitrogens is 2. The van der Waals surface area contributed by atoms with E-state index in [1.54, 1.807) is 41.2 Å². The van der Waals surface area contributed by atoms with Gasteiger partial charge in [0, 0.05) is 34.8 Å². The SMILES string of the molecule is O=C(CCNC(=O)Nc1ccccc1)Nc1ccnn1Cc1ccc(Cl)cc1Cl. The van der Waals surface area contributed by atoms with Crippen molar-refractivity contribution in [2.24, 2.45) is 0 Å². The van der Waals surface area contributed by atoms with Crippen molar-refractivity contribution in [3.8, 4) is 0 Å². The van der Waals surface area contributed by atoms with Gasteiger partial charge in [0.25, 0.3) is 0 Å². The molecule has 0 unspecified atom stereocenters. The highest BCUT2D eigenvalue weighted by molar-refractivity contribution is 6.35. The van der Waals surface area contributed by atoms with Gasteiger partial charge in [-0.3, -0.25) is 4.79 Å². The largest absolute Gasteiger partial charge is 0.337 e. The first-order valence-electron chi connectivity index (χ1n) is 8.87. The zero-order chi connectivity index (χ0) is 20.6. The number of para-hydroxylation sites is 1. The van der Waals surface area contributed by atoms with Gasteiger partial charge in [-0.15, -0.1) is 0 Å². The van der Waals surface area contributed by atoms with E-state index in [0.717, 1.165) is 5.56 Å². The molecule has 0 aliphatic rings. The van der Waals surface area contributed by atoms with E-state index in [4.69, 9.17) is 23.2 Å². The Hall–Kier alpha value is -3.03. The van der Waals surface area contributed by atoms with Crippen LogP contribution in [0.3, 0.4) is 0 Å². The smallest absolute Gasteiger partial charge is 0.319 e. The first-order valence-corrected chi connectivity index (χ1v) is 9.62. The van der Waals surface area contributed by atoms with Crippen LogP contribution in [0.4, 0.5) is 16.3 Å². The van der Waals surface area contributed by atoms with Crippen LogP contribution in [-0.2, 0) is 11.3 Å². The zero-order valence-corrected chi connectivity index (χ0v) is 16.9. The van der Waals surface area contributed by atoms with Crippen molar-refractivity contribution in [2.45, 2.75) is 13.0 Å². The number of carbonyl (C=O) groups is 2. The van der Waals surface area contributed by atoms with Gasteiger partial charge in [-0.1, -0.05) is 47.5 Å². The lowest BCUT2D eigenvalue weighted by Gasteiger charge is -2.11. The number of urea groups is 1. The third-order valence-corrected chi connectivity index (χ3v) is 4.58. The van der Waals surface area contributed by atoms with Crippen LogP contribution in [0, 0.1) is 0 Å². The normalized spacial score (nSPS) is 10.4. The van der Waals surface area contributed by atoms with Crippen molar-refractivity contribution in [2.75, 3.05) is 17.2 Å². The predicted molar refractivity (Wildman–Crippen MR) is 115 cm³/mol. The summed E-state index contributed by atoms with van der Waals surface area (Å²) < 4.78 is 1.63. The molecule has 0 radical (unpaired) electrons. The molecule has 0 saturated carbocycles. The fraction of sp³-hybridized carbons (Fsp3) is 0.150. The second-order valence-corrected chi connectivity index (χ2v) is 7.00. The minimum Gasteiger partial charge on any atom is -0.337 e. The average Bonchev–Trinajstić information content (AvgIpc) is 3.11. The molecule has 7 nitrogen and oxygen atoms in total. The molecular formula is C20H19Cl2N5O2. The Kier molecular flexibility index (Phi) is 7.10. The summed E-state index contributed by atoms with van der Waals surface area (Å²) in [6.45, 7) is 0.581. The molecule has 0 atom stereocenters. The number of halogens is 2. The third kappa shape index (κ3) is 6.23. The molecule has 3 aromatic rings. The summed E-state index contributed by atoms with van der Waals surface area (Å²) in [7, 11) is 0. The van der Waals surface area contributed by atoms with E-state index in [9.17, 15) is 9.59 Å². The summed E-state index contributed by atoms with van der Waals surface area (Å²) in [5.41, 5.74) is 1.51. The average molecular weight is 432 g/mol. The van der Waals surface area contributed by atoms with E-state index in [0.29, 0.717) is 28.1 Å². The molecule has 9 heteroatoms. The molecule has 2 aromatic carbocycles. The summed E-state index contributed by atoms with van der Waals surface area (Å²) in [4.78, 5) is 24.0. The summed E-state index contributed by atoms with van der Waals surface area (Å²) in [6.07, 6.45) is 1.71. The molecule has 3 N–H and O–H groups in total. The fourth-order valence-electron chi connectivity index (χ4n) is 2.57. The van der Waals surface area contributed by atoms with Crippen LogP contribution in [0.1, 0.15) is 12.0 Å². The molecule has 0 fully saturated rings. The highest BCUT2D eigenvalue weighted by atomic mass is 35.5. The van der Waals surface area contributed by atoms with Crippen LogP contribution in [0.2, 0.25) is 10.0 Å². The van der Waals surface area contributed by atoms with Gasteiger partial charge in [0.2, 0.25) is 5.91 Å². The van der Waals surface area contributed by atoms with Gasteiger partial charge in [0.05, 0.1) is 12.7 Å². The monoisotopic (exact) mass is 431 g/mol. The van der Waals surface area contributed by atoms with Crippen LogP contribution in [-0.4, -0.2) is 28.3 Å². The van der Waals surface area contributed by atoms with Crippen LogP contribution in [0.25, 0.3) is 0 Å². The van der Waals surface area contributed by atoms with Crippen molar-refractivity contribution in [1.29, 1.82) is 0 Å². The fourth-order valence-corrected chi connectivity index (χ4v) is 3.04. The molecule has 0 bridgehead atoms. The Labute approximate surface area is 178 Å². The van der Waals surface area contributed by atoms with Crippen molar-refractivity contribution in [3.05, 3.63) is 76.4 Å². The molecule has 150 valence electrons. The molecule has 1 aromatic heterocycles. The Morgan fingerprint density at radius 2 is 1.79 bits per heavy atom. The Morgan fingerprint density at radius 3 is 2.55 bits per heavy atom. The number of hydrogen-bond donors (Lipinski definition) is 3. The topological polar surface area (TPSA) is 88.1 Å². The van der Waals surface area contributed by atoms with Crippen LogP contribution < -0.4 is 16.0 Å². The van der Waals surface area contributed by atoms with Crippen molar-refractivity contribution < 1.29 is 9.59 Å². The number of hydrogen-bond acceptors (Lipinski definition) is 3. The van der Waals surface area contributed by atoms with Gasteiger partial charge in [-0.2, -0.15) is 5.10 Å². The van der Waals surface area contributed by atoms with Crippen molar-refractivity contribution in [3.63, 3.8) is 0 Å². The molecular weight excluding hydrogens is 413 g/mol. The van der Waals surface area contributed by atoms with Crippen LogP contribution >= 0.6 is 23.2 Å². The first-order chi connectivity index (χ1) is 14.0. The van der Waals surface area contributed by atoms with Crippen molar-refractivity contribution in [1.82, 2.24) is 15.1 Å². The van der Waals surface area contributed by atoms with Gasteiger partial charge in [-0.25, -0.2) is 9.48 Å². The zero-order valence-electron chi connectivity index (χ0n) is 15.4. The van der Waals surface area contributed by atoms with E-state index < -0.39 is 0 Å². The maximum absolute atomic E-state index is 12.2. The van der Waals surface area contributed by atoms with Gasteiger partial charge < -0.3 is 16.0 Å². The van der Waals surface area contributed by atoms with Gasteiger partial charge >= 0.3 is 6.03 Å². The number of nitrogens with zero attached hydrogens (tertiary/aromatic N) is 2. The molecule has 0 aliphatic heterocycles. The summed E-state index contributed by atoms with van der Waals surface area (Å²) in [5, 5.41) is 13.4. The highest BCUT2D eigenvalue weighted by Crippen LogP contribution is 2.22. The molecule has 3 rings (SSSR count). The number of rotatable bonds is 7. The Morgan fingerprint density at radius 1 is 1.00 bits per heavy atom. The molecule has 29 heavy (non-hydrogen) atoms. The van der Waals surface area contributed by atoms with Crippen molar-refractivity contribution >= 4 is 46.6 Å². The number of anilines is 2. The maximum atomic E-state index is 12.2. The van der Waals surface area contributed by atoms with Gasteiger partial charge in [-0.05, 0) is 29.8 Å². The second-order valence-electron chi connectivity index (χ2n) is 6.15. The highest BCUT2D eigenvalue weighted by Gasteiger charge is 2.10. The lowest BCUT2D eigenvalue weighted by Crippen LogP contribution is -2.31. The van der Waals surface area contributed by atoms with E-state index in [1.807, 2.05) is 24.3 Å². The lowest BCUT2D eigenvalue weighted by molar-refractivity contribution is -0.116. The number of benzene rings is 2. The van der Waals surface area contributed by atoms with Crippen LogP contribution in [0.5, 0.6) is 0 Å². The van der Waals surface area contributed by atoms with Crippen LogP contribution in [0.15, 0.2) is 60.8 Å². The first kappa shape index (κ1) is 20.7. The second kappa shape index (κ2) is 9.95. The Balaban J connectivity index is 1.47. The van der Waals surface area contributed by atoms with E-state index >= 15 is 0 Å². The Bertz CT molecular complexity index is 992. The van der Waals surface area contributed by atoms with E-state index in [2.05, 4.69) is 21.0 Å². The number of carbonyl (C=O) groups excluding carboxylic acids is 2. The van der Waals surface area contributed by atoms with E-state index in [-0.39, 0.29) is 24.9 Å². The molecule has 0 saturated heterocycles. The minimum atomic E-state index is -0.369. The standard InChI is InChI=1S/C20H19Cl2N5O2/c21-15-7-6-14(17(22)12-15)13-27-18(8-11-24-27)26-19(28)9-10-23-20(29)25-16-4-2-1-3-5-16/h1-8,11-12H,9-10,13H2,(H,26,28)(H2,23,25,29). The summed E-state index contributed by atoms with van der Waals surface area (Å²) in [6, 6.07) is 15.6. The molecule has 1 heterocycles. The molecule has 3 amide bonds.